The zero-order chi connectivity index (χ0) is 15.5. The lowest BCUT2D eigenvalue weighted by Gasteiger charge is -2.05. The molecule has 0 aliphatic heterocycles. The molecule has 1 aromatic carbocycles. The van der Waals surface area contributed by atoms with Crippen LogP contribution in [0.25, 0.3) is 10.8 Å². The van der Waals surface area contributed by atoms with Crippen molar-refractivity contribution in [3.05, 3.63) is 58.8 Å². The smallest absolute Gasteiger partial charge is 0.309 e. The van der Waals surface area contributed by atoms with Crippen LogP contribution in [0.15, 0.2) is 40.1 Å². The molecular formula is C14H9F2N3O2S. The number of hydrogen-bond donors (Lipinski definition) is 1. The molecular weight excluding hydrogens is 312 g/mol. The van der Waals surface area contributed by atoms with Crippen LogP contribution in [0.3, 0.4) is 0 Å². The Bertz CT molecular complexity index is 782. The molecule has 0 saturated heterocycles. The lowest BCUT2D eigenvalue weighted by Crippen LogP contribution is -2.24. The van der Waals surface area contributed by atoms with Gasteiger partial charge in [-0.15, -0.1) is 21.5 Å². The van der Waals surface area contributed by atoms with Crippen LogP contribution in [0, 0.1) is 11.6 Å². The van der Waals surface area contributed by atoms with E-state index in [1.54, 1.807) is 6.07 Å². The first kappa shape index (κ1) is 14.3. The monoisotopic (exact) mass is 321 g/mol. The third-order valence-corrected chi connectivity index (χ3v) is 3.70. The van der Waals surface area contributed by atoms with Crippen molar-refractivity contribution >= 4 is 17.2 Å². The Kier molecular flexibility index (Phi) is 3.92. The van der Waals surface area contributed by atoms with Crippen LogP contribution in [-0.4, -0.2) is 16.1 Å². The molecule has 3 aromatic rings. The summed E-state index contributed by atoms with van der Waals surface area (Å²) in [6, 6.07) is 7.07. The number of carbonyl (C=O) groups is 1. The quantitative estimate of drug-likeness (QED) is 0.802. The van der Waals surface area contributed by atoms with Gasteiger partial charge in [-0.05, 0) is 23.6 Å². The number of nitrogens with zero attached hydrogens (tertiary/aromatic N) is 2. The first-order valence-corrected chi connectivity index (χ1v) is 7.11. The molecule has 5 nitrogen and oxygen atoms in total. The SMILES string of the molecule is O=C(NCc1c(F)cccc1F)c1nnc(-c2cccs2)o1. The highest BCUT2D eigenvalue weighted by atomic mass is 32.1. The van der Waals surface area contributed by atoms with Gasteiger partial charge in [-0.25, -0.2) is 8.78 Å². The number of benzene rings is 1. The molecule has 1 amide bonds. The topological polar surface area (TPSA) is 68.0 Å². The number of rotatable bonds is 4. The molecule has 8 heteroatoms. The summed E-state index contributed by atoms with van der Waals surface area (Å²) in [7, 11) is 0. The molecule has 0 aliphatic rings. The van der Waals surface area contributed by atoms with Crippen LogP contribution in [0.2, 0.25) is 0 Å². The number of nitrogens with one attached hydrogen (secondary N) is 1. The molecule has 0 saturated carbocycles. The molecule has 3 rings (SSSR count). The minimum Gasteiger partial charge on any atom is -0.411 e. The highest BCUT2D eigenvalue weighted by molar-refractivity contribution is 7.13. The fourth-order valence-electron chi connectivity index (χ4n) is 1.76. The van der Waals surface area contributed by atoms with E-state index in [0.29, 0.717) is 0 Å². The maximum atomic E-state index is 13.5. The number of amides is 1. The van der Waals surface area contributed by atoms with Crippen molar-refractivity contribution in [1.82, 2.24) is 15.5 Å². The largest absolute Gasteiger partial charge is 0.411 e. The van der Waals surface area contributed by atoms with Gasteiger partial charge in [0.1, 0.15) is 11.6 Å². The number of aromatic nitrogens is 2. The van der Waals surface area contributed by atoms with E-state index in [-0.39, 0.29) is 23.9 Å². The van der Waals surface area contributed by atoms with Gasteiger partial charge in [0.2, 0.25) is 0 Å². The minimum absolute atomic E-state index is 0.220. The summed E-state index contributed by atoms with van der Waals surface area (Å²) in [4.78, 5) is 12.6. The molecule has 2 aromatic heterocycles. The molecule has 22 heavy (non-hydrogen) atoms. The second-order valence-electron chi connectivity index (χ2n) is 4.27. The van der Waals surface area contributed by atoms with E-state index in [0.717, 1.165) is 17.0 Å². The Labute approximate surface area is 127 Å². The Morgan fingerprint density at radius 3 is 2.64 bits per heavy atom. The summed E-state index contributed by atoms with van der Waals surface area (Å²) >= 11 is 1.39. The third kappa shape index (κ3) is 2.86. The number of thiophene rings is 1. The van der Waals surface area contributed by atoms with E-state index in [1.807, 2.05) is 11.4 Å². The minimum atomic E-state index is -0.731. The van der Waals surface area contributed by atoms with Gasteiger partial charge in [-0.1, -0.05) is 12.1 Å². The van der Waals surface area contributed by atoms with Gasteiger partial charge in [0.15, 0.2) is 0 Å². The second-order valence-corrected chi connectivity index (χ2v) is 5.22. The molecule has 1 N–H and O–H groups in total. The summed E-state index contributed by atoms with van der Waals surface area (Å²) in [5.74, 6) is -2.20. The molecule has 0 aliphatic carbocycles. The summed E-state index contributed by atoms with van der Waals surface area (Å²) in [6.45, 7) is -0.311. The van der Waals surface area contributed by atoms with E-state index >= 15 is 0 Å². The number of halogens is 2. The van der Waals surface area contributed by atoms with Crippen molar-refractivity contribution in [1.29, 1.82) is 0 Å². The third-order valence-electron chi connectivity index (χ3n) is 2.84. The Morgan fingerprint density at radius 1 is 1.18 bits per heavy atom. The summed E-state index contributed by atoms with van der Waals surface area (Å²) < 4.78 is 32.1. The van der Waals surface area contributed by atoms with Crippen molar-refractivity contribution in [2.75, 3.05) is 0 Å². The van der Waals surface area contributed by atoms with Crippen LogP contribution < -0.4 is 5.32 Å². The highest BCUT2D eigenvalue weighted by Crippen LogP contribution is 2.22. The molecule has 112 valence electrons. The van der Waals surface area contributed by atoms with E-state index in [2.05, 4.69) is 15.5 Å². The summed E-state index contributed by atoms with van der Waals surface area (Å²) in [6.07, 6.45) is 0. The van der Waals surface area contributed by atoms with Crippen molar-refractivity contribution in [3.63, 3.8) is 0 Å². The molecule has 0 radical (unpaired) electrons. The Hall–Kier alpha value is -2.61. The van der Waals surface area contributed by atoms with Gasteiger partial charge < -0.3 is 9.73 Å². The molecule has 0 atom stereocenters. The van der Waals surface area contributed by atoms with Crippen molar-refractivity contribution in [2.24, 2.45) is 0 Å². The van der Waals surface area contributed by atoms with Crippen LogP contribution >= 0.6 is 11.3 Å². The lowest BCUT2D eigenvalue weighted by atomic mass is 10.2. The molecule has 2 heterocycles. The fourth-order valence-corrected chi connectivity index (χ4v) is 2.40. The molecule has 0 fully saturated rings. The van der Waals surface area contributed by atoms with E-state index in [9.17, 15) is 13.6 Å². The van der Waals surface area contributed by atoms with E-state index in [1.165, 1.54) is 17.4 Å². The van der Waals surface area contributed by atoms with Crippen LogP contribution in [0.4, 0.5) is 8.78 Å². The van der Waals surface area contributed by atoms with E-state index < -0.39 is 17.5 Å². The van der Waals surface area contributed by atoms with Gasteiger partial charge in [0.05, 0.1) is 4.88 Å². The fraction of sp³-hybridized carbons (Fsp3) is 0.0714. The number of hydrogen-bond acceptors (Lipinski definition) is 5. The molecule has 0 bridgehead atoms. The predicted octanol–water partition coefficient (Wildman–Crippen LogP) is 3.01. The molecule has 0 spiro atoms. The average Bonchev–Trinajstić information content (AvgIpc) is 3.17. The predicted molar refractivity (Wildman–Crippen MR) is 75.1 cm³/mol. The first-order valence-electron chi connectivity index (χ1n) is 6.23. The zero-order valence-corrected chi connectivity index (χ0v) is 11.9. The second kappa shape index (κ2) is 6.02. The summed E-state index contributed by atoms with van der Waals surface area (Å²) in [5, 5.41) is 11.6. The lowest BCUT2D eigenvalue weighted by molar-refractivity contribution is 0.0916. The average molecular weight is 321 g/mol. The van der Waals surface area contributed by atoms with Gasteiger partial charge in [-0.3, -0.25) is 4.79 Å². The molecule has 0 unspecified atom stereocenters. The van der Waals surface area contributed by atoms with Crippen molar-refractivity contribution < 1.29 is 18.0 Å². The van der Waals surface area contributed by atoms with Crippen molar-refractivity contribution in [2.45, 2.75) is 6.54 Å². The van der Waals surface area contributed by atoms with Gasteiger partial charge >= 0.3 is 11.8 Å². The summed E-state index contributed by atoms with van der Waals surface area (Å²) in [5.41, 5.74) is -0.228. The van der Waals surface area contributed by atoms with Crippen LogP contribution in [0.1, 0.15) is 16.2 Å². The first-order chi connectivity index (χ1) is 10.6. The standard InChI is InChI=1S/C14H9F2N3O2S/c15-9-3-1-4-10(16)8(9)7-17-12(20)14-19-18-13(21-14)11-5-2-6-22-11/h1-6H,7H2,(H,17,20). The maximum absolute atomic E-state index is 13.5. The highest BCUT2D eigenvalue weighted by Gasteiger charge is 2.17. The van der Waals surface area contributed by atoms with Crippen molar-refractivity contribution in [3.8, 4) is 10.8 Å². The normalized spacial score (nSPS) is 10.6. The van der Waals surface area contributed by atoms with E-state index in [4.69, 9.17) is 4.42 Å². The number of carbonyl (C=O) groups excluding carboxylic acids is 1. The Balaban J connectivity index is 1.70. The maximum Gasteiger partial charge on any atom is 0.309 e. The Morgan fingerprint density at radius 2 is 1.95 bits per heavy atom. The van der Waals surface area contributed by atoms with Gasteiger partial charge in [0, 0.05) is 12.1 Å². The van der Waals surface area contributed by atoms with Crippen LogP contribution in [-0.2, 0) is 6.54 Å². The van der Waals surface area contributed by atoms with Gasteiger partial charge in [-0.2, -0.15) is 0 Å². The van der Waals surface area contributed by atoms with Gasteiger partial charge in [0.25, 0.3) is 5.89 Å². The van der Waals surface area contributed by atoms with Crippen LogP contribution in [0.5, 0.6) is 0 Å². The zero-order valence-electron chi connectivity index (χ0n) is 11.0.